The summed E-state index contributed by atoms with van der Waals surface area (Å²) in [5.41, 5.74) is 10.7. The van der Waals surface area contributed by atoms with Gasteiger partial charge in [0.2, 0.25) is 5.91 Å². The molecule has 9 nitrogen and oxygen atoms in total. The van der Waals surface area contributed by atoms with Crippen LogP contribution in [0, 0.1) is 11.8 Å². The zero-order valence-electron chi connectivity index (χ0n) is 33.5. The number of fused-ring (bicyclic) bond motifs is 4. The van der Waals surface area contributed by atoms with Crippen LogP contribution in [0.15, 0.2) is 94.3 Å². The summed E-state index contributed by atoms with van der Waals surface area (Å²) in [5.74, 6) is -0.789. The number of hydrogen-bond donors (Lipinski definition) is 2. The van der Waals surface area contributed by atoms with Crippen molar-refractivity contribution in [2.75, 3.05) is 26.2 Å². The number of carboxylic acids is 1. The van der Waals surface area contributed by atoms with Crippen molar-refractivity contribution >= 4 is 66.9 Å². The molecule has 60 heavy (non-hydrogen) atoms. The lowest BCUT2D eigenvalue weighted by molar-refractivity contribution is -0.143. The molecule has 2 aromatic carbocycles. The number of nitrogens with one attached hydrogen (secondary N) is 1. The average Bonchev–Trinajstić information content (AvgIpc) is 3.51. The van der Waals surface area contributed by atoms with Gasteiger partial charge in [-0.1, -0.05) is 41.4 Å². The fourth-order valence-corrected chi connectivity index (χ4v) is 10.6. The molecule has 3 aromatic heterocycles. The summed E-state index contributed by atoms with van der Waals surface area (Å²) >= 11 is 19.7. The Balaban J connectivity index is 0.000000172. The summed E-state index contributed by atoms with van der Waals surface area (Å²) in [6.07, 6.45) is 12.3. The van der Waals surface area contributed by atoms with E-state index in [1.807, 2.05) is 49.6 Å². The molecule has 3 atom stereocenters. The fourth-order valence-electron chi connectivity index (χ4n) is 9.43. The van der Waals surface area contributed by atoms with Gasteiger partial charge in [0.1, 0.15) is 0 Å². The summed E-state index contributed by atoms with van der Waals surface area (Å²) in [6, 6.07) is 22.6. The fraction of sp³-hybridized carbons (Fsp3) is 0.383. The molecule has 5 heterocycles. The topological polar surface area (TPSA) is 112 Å². The normalized spacial score (nSPS) is 20.1. The number of carboxylic acid groups (broad SMARTS) is 1. The van der Waals surface area contributed by atoms with E-state index in [4.69, 9.17) is 33.2 Å². The first-order valence-electron chi connectivity index (χ1n) is 20.8. The number of aromatic nitrogens is 3. The first kappa shape index (κ1) is 43.0. The molecule has 3 unspecified atom stereocenters. The summed E-state index contributed by atoms with van der Waals surface area (Å²) < 4.78 is 2.00. The van der Waals surface area contributed by atoms with E-state index in [1.165, 1.54) is 33.4 Å². The van der Waals surface area contributed by atoms with Crippen molar-refractivity contribution < 1.29 is 14.7 Å². The van der Waals surface area contributed by atoms with Crippen LogP contribution in [-0.2, 0) is 35.3 Å². The quantitative estimate of drug-likeness (QED) is 0.173. The Labute approximate surface area is 378 Å². The SMILES string of the molecule is CC(NC(=O)C1CCN(C2c3ccc(Cl)cc3CCc3cc(Br)cnc32)CC1)c1ccccn1.O=C(O)C1CCN(C2c3ccc(Cl)cc3CCc3cc(Br)cnc32)CC1. The number of benzene rings is 2. The van der Waals surface area contributed by atoms with Crippen LogP contribution in [0.4, 0.5) is 0 Å². The second-order valence-electron chi connectivity index (χ2n) is 16.3. The first-order valence-corrected chi connectivity index (χ1v) is 23.1. The molecule has 5 aromatic rings. The Morgan fingerprint density at radius 3 is 1.63 bits per heavy atom. The molecule has 9 rings (SSSR count). The molecule has 2 N–H and O–H groups in total. The van der Waals surface area contributed by atoms with Crippen LogP contribution in [0.25, 0.3) is 0 Å². The highest BCUT2D eigenvalue weighted by Crippen LogP contribution is 2.41. The summed E-state index contributed by atoms with van der Waals surface area (Å²) in [6.45, 7) is 5.21. The van der Waals surface area contributed by atoms with Crippen molar-refractivity contribution in [2.24, 2.45) is 11.8 Å². The molecule has 312 valence electrons. The van der Waals surface area contributed by atoms with Crippen LogP contribution >= 0.6 is 55.1 Å². The predicted molar refractivity (Wildman–Crippen MR) is 242 cm³/mol. The number of aryl methyl sites for hydroxylation is 4. The summed E-state index contributed by atoms with van der Waals surface area (Å²) in [4.78, 5) is 43.2. The summed E-state index contributed by atoms with van der Waals surface area (Å²) in [7, 11) is 0. The van der Waals surface area contributed by atoms with E-state index in [0.29, 0.717) is 12.8 Å². The van der Waals surface area contributed by atoms with E-state index < -0.39 is 5.97 Å². The van der Waals surface area contributed by atoms with E-state index >= 15 is 0 Å². The maximum Gasteiger partial charge on any atom is 0.306 e. The van der Waals surface area contributed by atoms with E-state index in [2.05, 4.69) is 88.4 Å². The third-order valence-electron chi connectivity index (χ3n) is 12.6. The minimum absolute atomic E-state index is 0.00947. The molecule has 1 amide bonds. The van der Waals surface area contributed by atoms with Gasteiger partial charge < -0.3 is 10.4 Å². The van der Waals surface area contributed by atoms with Gasteiger partial charge >= 0.3 is 5.97 Å². The van der Waals surface area contributed by atoms with Crippen LogP contribution < -0.4 is 5.32 Å². The first-order chi connectivity index (χ1) is 29.0. The van der Waals surface area contributed by atoms with Gasteiger partial charge in [-0.15, -0.1) is 0 Å². The van der Waals surface area contributed by atoms with Crippen molar-refractivity contribution in [1.82, 2.24) is 30.1 Å². The van der Waals surface area contributed by atoms with E-state index in [9.17, 15) is 14.7 Å². The Bertz CT molecular complexity index is 2250. The molecule has 0 saturated carbocycles. The van der Waals surface area contributed by atoms with Crippen LogP contribution in [0.1, 0.15) is 101 Å². The molecular weight excluding hydrogens is 927 g/mol. The number of likely N-dealkylation sites (tertiary alicyclic amines) is 2. The lowest BCUT2D eigenvalue weighted by Gasteiger charge is -2.38. The third kappa shape index (κ3) is 9.67. The molecule has 13 heteroatoms. The van der Waals surface area contributed by atoms with Gasteiger partial charge in [-0.05, 0) is 198 Å². The Hall–Kier alpha value is -3.71. The van der Waals surface area contributed by atoms with E-state index in [1.54, 1.807) is 6.20 Å². The highest BCUT2D eigenvalue weighted by atomic mass is 79.9. The molecule has 2 fully saturated rings. The number of piperidine rings is 2. The maximum absolute atomic E-state index is 13.0. The van der Waals surface area contributed by atoms with Crippen LogP contribution in [0.3, 0.4) is 0 Å². The van der Waals surface area contributed by atoms with Gasteiger partial charge in [-0.2, -0.15) is 0 Å². The monoisotopic (exact) mass is 972 g/mol. The van der Waals surface area contributed by atoms with Crippen LogP contribution in [0.5, 0.6) is 0 Å². The van der Waals surface area contributed by atoms with Crippen molar-refractivity contribution in [3.8, 4) is 0 Å². The molecule has 4 aliphatic rings. The van der Waals surface area contributed by atoms with Crippen molar-refractivity contribution in [3.05, 3.63) is 155 Å². The second kappa shape index (κ2) is 19.1. The minimum atomic E-state index is -0.680. The highest BCUT2D eigenvalue weighted by Gasteiger charge is 2.36. The van der Waals surface area contributed by atoms with E-state index in [-0.39, 0.29) is 35.9 Å². The second-order valence-corrected chi connectivity index (χ2v) is 19.0. The van der Waals surface area contributed by atoms with Gasteiger partial charge in [0, 0.05) is 43.5 Å². The van der Waals surface area contributed by atoms with Crippen molar-refractivity contribution in [3.63, 3.8) is 0 Å². The number of rotatable bonds is 6. The number of nitrogens with zero attached hydrogens (tertiary/aromatic N) is 5. The average molecular weight is 976 g/mol. The van der Waals surface area contributed by atoms with Gasteiger partial charge in [0.05, 0.1) is 41.1 Å². The van der Waals surface area contributed by atoms with Gasteiger partial charge in [-0.25, -0.2) is 0 Å². The maximum atomic E-state index is 13.0. The number of halogens is 4. The molecule has 0 spiro atoms. The standard InChI is InChI=1S/C27H28BrClN4O.C20H20BrClN2O2/c1-17(24-4-2-3-11-30-24)32-27(34)18-9-12-33(13-10-18)26-23-8-7-22(29)15-19(23)5-6-20-14-21(28)16-31-25(20)26;21-15-9-14-2-1-13-10-16(22)3-4-17(13)19(18(14)23-11-15)24-7-5-12(6-8-24)20(25)26/h2-4,7-8,11,14-18,26H,5-6,9-10,12-13H2,1H3,(H,32,34);3-4,9-12,19H,1-2,5-8H2,(H,25,26). The summed E-state index contributed by atoms with van der Waals surface area (Å²) in [5, 5.41) is 14.0. The Kier molecular flexibility index (Phi) is 13.7. The minimum Gasteiger partial charge on any atom is -0.481 e. The number of aliphatic carboxylic acids is 1. The molecule has 0 bridgehead atoms. The predicted octanol–water partition coefficient (Wildman–Crippen LogP) is 10.2. The third-order valence-corrected chi connectivity index (χ3v) is 13.9. The smallest absolute Gasteiger partial charge is 0.306 e. The van der Waals surface area contributed by atoms with Crippen molar-refractivity contribution in [1.29, 1.82) is 0 Å². The lowest BCUT2D eigenvalue weighted by Crippen LogP contribution is -2.43. The number of amides is 1. The molecule has 2 aliphatic carbocycles. The van der Waals surface area contributed by atoms with Crippen LogP contribution in [-0.4, -0.2) is 67.9 Å². The molecule has 2 aliphatic heterocycles. The highest BCUT2D eigenvalue weighted by molar-refractivity contribution is 9.10. The van der Waals surface area contributed by atoms with Gasteiger partial charge in [0.25, 0.3) is 0 Å². The molecule has 0 radical (unpaired) electrons. The number of carbonyl (C=O) groups is 2. The van der Waals surface area contributed by atoms with Gasteiger partial charge in [0.15, 0.2) is 0 Å². The number of pyridine rings is 3. The van der Waals surface area contributed by atoms with Crippen molar-refractivity contribution in [2.45, 2.75) is 76.4 Å². The molecule has 2 saturated heterocycles. The van der Waals surface area contributed by atoms with Crippen LogP contribution in [0.2, 0.25) is 10.0 Å². The Morgan fingerprint density at radius 1 is 0.683 bits per heavy atom. The zero-order chi connectivity index (χ0) is 41.9. The number of hydrogen-bond acceptors (Lipinski definition) is 7. The lowest BCUT2D eigenvalue weighted by atomic mass is 9.90. The number of carbonyl (C=O) groups excluding carboxylic acids is 1. The zero-order valence-corrected chi connectivity index (χ0v) is 38.2. The van der Waals surface area contributed by atoms with E-state index in [0.717, 1.165) is 101 Å². The van der Waals surface area contributed by atoms with Gasteiger partial charge in [-0.3, -0.25) is 34.3 Å². The molecular formula is C47H48Br2Cl2N6O3. The Morgan fingerprint density at radius 2 is 1.17 bits per heavy atom. The largest absolute Gasteiger partial charge is 0.481 e.